The molecule has 0 spiro atoms. The number of methoxy groups -OCH3 is 1. The van der Waals surface area contributed by atoms with E-state index < -0.39 is 12.2 Å². The second-order valence-electron chi connectivity index (χ2n) is 5.52. The fourth-order valence-electron chi connectivity index (χ4n) is 2.65. The average Bonchev–Trinajstić information content (AvgIpc) is 2.80. The Morgan fingerprint density at radius 1 is 1.30 bits per heavy atom. The van der Waals surface area contributed by atoms with Crippen LogP contribution in [0.1, 0.15) is 51.9 Å². The van der Waals surface area contributed by atoms with Crippen LogP contribution in [0.3, 0.4) is 0 Å². The van der Waals surface area contributed by atoms with Crippen LogP contribution in [0.15, 0.2) is 0 Å². The molecule has 1 heterocycles. The summed E-state index contributed by atoms with van der Waals surface area (Å²) in [6, 6.07) is -1.38. The fraction of sp³-hybridized carbons (Fsp3) is 1.00. The molecule has 1 N–H and O–H groups in total. The lowest BCUT2D eigenvalue weighted by molar-refractivity contribution is -0.171. The molecule has 2 atom stereocenters. The number of hydrogen-bond acceptors (Lipinski definition) is 3. The molecule has 0 aromatic carbocycles. The normalized spacial score (nSPS) is 22.4. The van der Waals surface area contributed by atoms with Crippen molar-refractivity contribution in [2.24, 2.45) is 0 Å². The monoisotopic (exact) mass is 296 g/mol. The lowest BCUT2D eigenvalue weighted by Gasteiger charge is -2.31. The van der Waals surface area contributed by atoms with Crippen molar-refractivity contribution in [1.82, 2.24) is 10.4 Å². The lowest BCUT2D eigenvalue weighted by Crippen LogP contribution is -2.54. The van der Waals surface area contributed by atoms with E-state index in [1.165, 1.54) is 0 Å². The Morgan fingerprint density at radius 3 is 2.65 bits per heavy atom. The average molecular weight is 296 g/mol. The zero-order valence-electron chi connectivity index (χ0n) is 12.5. The molecule has 20 heavy (non-hydrogen) atoms. The highest BCUT2D eigenvalue weighted by molar-refractivity contribution is 4.81. The van der Waals surface area contributed by atoms with Crippen LogP contribution in [0.2, 0.25) is 0 Å². The molecule has 0 bridgehead atoms. The first-order chi connectivity index (χ1) is 9.49. The number of unbranched alkanes of at least 4 members (excludes halogenated alkanes) is 3. The van der Waals surface area contributed by atoms with Crippen molar-refractivity contribution in [1.29, 1.82) is 0 Å². The predicted octanol–water partition coefficient (Wildman–Crippen LogP) is 3.50. The largest absolute Gasteiger partial charge is 0.405 e. The van der Waals surface area contributed by atoms with Gasteiger partial charge in [0, 0.05) is 19.7 Å². The highest BCUT2D eigenvalue weighted by Crippen LogP contribution is 2.26. The van der Waals surface area contributed by atoms with Crippen LogP contribution in [0, 0.1) is 0 Å². The van der Waals surface area contributed by atoms with E-state index in [4.69, 9.17) is 4.74 Å². The molecule has 0 radical (unpaired) electrons. The second kappa shape index (κ2) is 8.85. The summed E-state index contributed by atoms with van der Waals surface area (Å²) in [6.45, 7) is 3.20. The van der Waals surface area contributed by atoms with Crippen molar-refractivity contribution in [2.75, 3.05) is 20.3 Å². The summed E-state index contributed by atoms with van der Waals surface area (Å²) in [6.07, 6.45) is 1.29. The summed E-state index contributed by atoms with van der Waals surface area (Å²) in [4.78, 5) is 0. The fourth-order valence-corrected chi connectivity index (χ4v) is 2.65. The van der Waals surface area contributed by atoms with Gasteiger partial charge in [0.1, 0.15) is 6.04 Å². The van der Waals surface area contributed by atoms with Crippen LogP contribution in [0.4, 0.5) is 13.2 Å². The Hall–Kier alpha value is -0.330. The van der Waals surface area contributed by atoms with Gasteiger partial charge in [-0.2, -0.15) is 13.2 Å². The van der Waals surface area contributed by atoms with Crippen LogP contribution < -0.4 is 5.43 Å². The van der Waals surface area contributed by atoms with Crippen molar-refractivity contribution in [3.8, 4) is 0 Å². The number of rotatable bonds is 9. The molecular formula is C14H27F3N2O. The molecule has 0 aromatic rings. The number of ether oxygens (including phenoxy) is 1. The minimum absolute atomic E-state index is 0.0560. The van der Waals surface area contributed by atoms with Gasteiger partial charge in [0.15, 0.2) is 0 Å². The van der Waals surface area contributed by atoms with Gasteiger partial charge >= 0.3 is 6.18 Å². The molecule has 6 heteroatoms. The number of hydrogen-bond donors (Lipinski definition) is 1. The molecule has 3 nitrogen and oxygen atoms in total. The van der Waals surface area contributed by atoms with Crippen LogP contribution in [-0.4, -0.2) is 43.5 Å². The molecule has 1 aliphatic heterocycles. The lowest BCUT2D eigenvalue weighted by atomic mass is 10.1. The summed E-state index contributed by atoms with van der Waals surface area (Å²) in [5.74, 6) is 0. The van der Waals surface area contributed by atoms with E-state index >= 15 is 0 Å². The van der Waals surface area contributed by atoms with Gasteiger partial charge in [0.2, 0.25) is 0 Å². The van der Waals surface area contributed by atoms with Gasteiger partial charge in [-0.3, -0.25) is 0 Å². The first-order valence-electron chi connectivity index (χ1n) is 7.57. The topological polar surface area (TPSA) is 24.5 Å². The molecule has 0 aromatic heterocycles. The third kappa shape index (κ3) is 5.97. The van der Waals surface area contributed by atoms with Gasteiger partial charge in [0.05, 0.1) is 6.61 Å². The maximum Gasteiger partial charge on any atom is 0.405 e. The maximum absolute atomic E-state index is 13.1. The van der Waals surface area contributed by atoms with Crippen molar-refractivity contribution in [3.05, 3.63) is 0 Å². The Bertz CT molecular complexity index is 261. The molecule has 0 saturated carbocycles. The quantitative estimate of drug-likeness (QED) is 0.659. The SMILES string of the molecule is CCCCCC[C@@H](NN1CCC[C@H]1COC)C(F)(F)F. The van der Waals surface area contributed by atoms with E-state index in [-0.39, 0.29) is 12.5 Å². The molecular weight excluding hydrogens is 269 g/mol. The third-order valence-corrected chi connectivity index (χ3v) is 3.80. The van der Waals surface area contributed by atoms with Gasteiger partial charge in [-0.15, -0.1) is 0 Å². The van der Waals surface area contributed by atoms with Crippen molar-refractivity contribution >= 4 is 0 Å². The number of nitrogens with zero attached hydrogens (tertiary/aromatic N) is 1. The Balaban J connectivity index is 2.47. The Morgan fingerprint density at radius 2 is 2.05 bits per heavy atom. The van der Waals surface area contributed by atoms with Gasteiger partial charge < -0.3 is 4.74 Å². The molecule has 1 rings (SSSR count). The summed E-state index contributed by atoms with van der Waals surface area (Å²) in [7, 11) is 1.59. The molecule has 1 fully saturated rings. The molecule has 0 aliphatic carbocycles. The number of halogens is 3. The van der Waals surface area contributed by atoms with E-state index in [1.54, 1.807) is 12.1 Å². The van der Waals surface area contributed by atoms with Crippen molar-refractivity contribution in [2.45, 2.75) is 70.1 Å². The molecule has 0 amide bonds. The van der Waals surface area contributed by atoms with E-state index in [1.807, 2.05) is 0 Å². The highest BCUT2D eigenvalue weighted by Gasteiger charge is 2.41. The van der Waals surface area contributed by atoms with Gasteiger partial charge in [-0.05, 0) is 19.3 Å². The maximum atomic E-state index is 13.1. The van der Waals surface area contributed by atoms with Gasteiger partial charge in [-0.25, -0.2) is 10.4 Å². The summed E-state index contributed by atoms with van der Waals surface area (Å²) in [5, 5.41) is 1.72. The zero-order chi connectivity index (χ0) is 15.0. The van der Waals surface area contributed by atoms with Crippen LogP contribution >= 0.6 is 0 Å². The second-order valence-corrected chi connectivity index (χ2v) is 5.52. The van der Waals surface area contributed by atoms with Crippen molar-refractivity contribution in [3.63, 3.8) is 0 Å². The van der Waals surface area contributed by atoms with E-state index in [2.05, 4.69) is 12.3 Å². The third-order valence-electron chi connectivity index (χ3n) is 3.80. The molecule has 0 unspecified atom stereocenters. The predicted molar refractivity (Wildman–Crippen MR) is 73.3 cm³/mol. The summed E-state index contributed by atoms with van der Waals surface area (Å²) >= 11 is 0. The van der Waals surface area contributed by atoms with Gasteiger partial charge in [0.25, 0.3) is 0 Å². The first kappa shape index (κ1) is 17.7. The van der Waals surface area contributed by atoms with E-state index in [9.17, 15) is 13.2 Å². The number of alkyl halides is 3. The minimum Gasteiger partial charge on any atom is -0.383 e. The highest BCUT2D eigenvalue weighted by atomic mass is 19.4. The molecule has 1 aliphatic rings. The van der Waals surface area contributed by atoms with Crippen LogP contribution in [-0.2, 0) is 4.74 Å². The standard InChI is InChI=1S/C14H27F3N2O/c1-3-4-5-6-9-13(14(15,16)17)18-19-10-7-8-12(19)11-20-2/h12-13,18H,3-11H2,1-2H3/t12-,13+/m0/s1. The van der Waals surface area contributed by atoms with Crippen LogP contribution in [0.25, 0.3) is 0 Å². The molecule has 120 valence electrons. The smallest absolute Gasteiger partial charge is 0.383 e. The first-order valence-corrected chi connectivity index (χ1v) is 7.57. The van der Waals surface area contributed by atoms with Crippen molar-refractivity contribution < 1.29 is 17.9 Å². The van der Waals surface area contributed by atoms with Crippen LogP contribution in [0.5, 0.6) is 0 Å². The van der Waals surface area contributed by atoms with E-state index in [0.717, 1.165) is 32.1 Å². The van der Waals surface area contributed by atoms with E-state index in [0.29, 0.717) is 19.6 Å². The minimum atomic E-state index is -4.19. The Kier molecular flexibility index (Phi) is 7.84. The molecule has 1 saturated heterocycles. The Labute approximate surface area is 119 Å². The van der Waals surface area contributed by atoms with Gasteiger partial charge in [-0.1, -0.05) is 32.6 Å². The summed E-state index contributed by atoms with van der Waals surface area (Å²) in [5.41, 5.74) is 2.70. The summed E-state index contributed by atoms with van der Waals surface area (Å²) < 4.78 is 44.3. The number of nitrogens with one attached hydrogen (secondary N) is 1. The number of hydrazine groups is 1. The zero-order valence-corrected chi connectivity index (χ0v) is 12.5.